The van der Waals surface area contributed by atoms with Gasteiger partial charge in [0.1, 0.15) is 17.5 Å². The molecule has 0 radical (unpaired) electrons. The first-order valence-electron chi connectivity index (χ1n) is 11.6. The second kappa shape index (κ2) is 8.76. The van der Waals surface area contributed by atoms with Crippen molar-refractivity contribution in [1.29, 1.82) is 0 Å². The highest BCUT2D eigenvalue weighted by Gasteiger charge is 2.41. The van der Waals surface area contributed by atoms with Gasteiger partial charge in [-0.05, 0) is 45.6 Å². The maximum atomic E-state index is 14.7. The molecule has 3 aliphatic heterocycles. The lowest BCUT2D eigenvalue weighted by Gasteiger charge is -2.39. The Morgan fingerprint density at radius 3 is 2.91 bits per heavy atom. The van der Waals surface area contributed by atoms with E-state index in [-0.39, 0.29) is 18.0 Å². The van der Waals surface area contributed by atoms with Gasteiger partial charge in [0.2, 0.25) is 5.91 Å². The van der Waals surface area contributed by atoms with Crippen LogP contribution in [0.15, 0.2) is 12.3 Å². The number of amides is 1. The van der Waals surface area contributed by atoms with Gasteiger partial charge in [0, 0.05) is 43.5 Å². The zero-order chi connectivity index (χ0) is 22.4. The SMILES string of the molecule is Cc1cn2nc([C@@H]3CCCCN3C(=O)C3CCNC(Cl)C3F)cc2nc1N1CC[C@H](N)C1. The molecule has 2 aromatic heterocycles. The van der Waals surface area contributed by atoms with Crippen LogP contribution in [0.3, 0.4) is 0 Å². The highest BCUT2D eigenvalue weighted by Crippen LogP contribution is 2.35. The monoisotopic (exact) mass is 463 g/mol. The van der Waals surface area contributed by atoms with Gasteiger partial charge in [-0.25, -0.2) is 13.9 Å². The van der Waals surface area contributed by atoms with Gasteiger partial charge in [-0.1, -0.05) is 0 Å². The summed E-state index contributed by atoms with van der Waals surface area (Å²) in [6.07, 6.45) is 4.76. The average molecular weight is 464 g/mol. The number of nitrogens with zero attached hydrogens (tertiary/aromatic N) is 5. The molecule has 0 saturated carbocycles. The number of carbonyl (C=O) groups excluding carboxylic acids is 1. The van der Waals surface area contributed by atoms with Gasteiger partial charge in [0.25, 0.3) is 0 Å². The molecule has 174 valence electrons. The predicted octanol–water partition coefficient (Wildman–Crippen LogP) is 2.14. The summed E-state index contributed by atoms with van der Waals surface area (Å²) in [5, 5.41) is 7.68. The van der Waals surface area contributed by atoms with E-state index in [4.69, 9.17) is 27.4 Å². The third kappa shape index (κ3) is 3.95. The number of rotatable bonds is 3. The van der Waals surface area contributed by atoms with E-state index in [1.165, 1.54) is 0 Å². The van der Waals surface area contributed by atoms with Crippen LogP contribution >= 0.6 is 11.6 Å². The second-order valence-corrected chi connectivity index (χ2v) is 9.82. The topological polar surface area (TPSA) is 91.8 Å². The second-order valence-electron chi connectivity index (χ2n) is 9.35. The van der Waals surface area contributed by atoms with E-state index in [0.29, 0.717) is 19.5 Å². The number of aryl methyl sites for hydroxylation is 1. The summed E-state index contributed by atoms with van der Waals surface area (Å²) in [7, 11) is 0. The lowest BCUT2D eigenvalue weighted by Crippen LogP contribution is -2.52. The van der Waals surface area contributed by atoms with Crippen molar-refractivity contribution < 1.29 is 9.18 Å². The molecule has 32 heavy (non-hydrogen) atoms. The largest absolute Gasteiger partial charge is 0.355 e. The molecule has 2 aromatic rings. The fourth-order valence-corrected chi connectivity index (χ4v) is 5.59. The summed E-state index contributed by atoms with van der Waals surface area (Å²) in [5.41, 5.74) is 7.88. The van der Waals surface area contributed by atoms with Crippen LogP contribution in [-0.2, 0) is 4.79 Å². The number of likely N-dealkylation sites (tertiary alicyclic amines) is 1. The Morgan fingerprint density at radius 1 is 1.28 bits per heavy atom. The summed E-state index contributed by atoms with van der Waals surface area (Å²) in [5.74, 6) is 0.0848. The molecular weight excluding hydrogens is 433 g/mol. The predicted molar refractivity (Wildman–Crippen MR) is 121 cm³/mol. The number of alkyl halides is 2. The van der Waals surface area contributed by atoms with E-state index in [1.807, 2.05) is 24.1 Å². The Bertz CT molecular complexity index is 1000. The number of fused-ring (bicyclic) bond motifs is 1. The molecule has 5 rings (SSSR count). The molecule has 5 atom stereocenters. The number of aromatic nitrogens is 3. The quantitative estimate of drug-likeness (QED) is 0.535. The molecule has 1 amide bonds. The van der Waals surface area contributed by atoms with Gasteiger partial charge >= 0.3 is 0 Å². The molecule has 5 heterocycles. The van der Waals surface area contributed by atoms with E-state index in [0.717, 1.165) is 61.5 Å². The third-order valence-corrected chi connectivity index (χ3v) is 7.45. The van der Waals surface area contributed by atoms with Crippen LogP contribution in [0.4, 0.5) is 10.2 Å². The van der Waals surface area contributed by atoms with Crippen molar-refractivity contribution in [2.75, 3.05) is 31.1 Å². The van der Waals surface area contributed by atoms with Crippen molar-refractivity contribution in [2.45, 2.75) is 62.8 Å². The fourth-order valence-electron chi connectivity index (χ4n) is 5.31. The van der Waals surface area contributed by atoms with Gasteiger partial charge in [-0.2, -0.15) is 5.10 Å². The zero-order valence-electron chi connectivity index (χ0n) is 18.4. The molecule has 3 unspecified atom stereocenters. The van der Waals surface area contributed by atoms with Crippen LogP contribution in [-0.4, -0.2) is 69.3 Å². The highest BCUT2D eigenvalue weighted by atomic mass is 35.5. The smallest absolute Gasteiger partial charge is 0.229 e. The summed E-state index contributed by atoms with van der Waals surface area (Å²) in [6, 6.07) is 1.98. The Hall–Kier alpha value is -1.97. The highest BCUT2D eigenvalue weighted by molar-refractivity contribution is 6.21. The molecule has 8 nitrogen and oxygen atoms in total. The van der Waals surface area contributed by atoms with Crippen molar-refractivity contribution in [3.8, 4) is 0 Å². The summed E-state index contributed by atoms with van der Waals surface area (Å²) < 4.78 is 16.5. The minimum atomic E-state index is -1.39. The molecule has 3 fully saturated rings. The van der Waals surface area contributed by atoms with Gasteiger partial charge < -0.3 is 15.5 Å². The van der Waals surface area contributed by atoms with Crippen LogP contribution < -0.4 is 16.0 Å². The lowest BCUT2D eigenvalue weighted by molar-refractivity contribution is -0.143. The third-order valence-electron chi connectivity index (χ3n) is 7.05. The van der Waals surface area contributed by atoms with Crippen molar-refractivity contribution in [1.82, 2.24) is 24.8 Å². The van der Waals surface area contributed by atoms with Gasteiger partial charge in [-0.15, -0.1) is 11.6 Å². The number of halogens is 2. The maximum Gasteiger partial charge on any atom is 0.229 e. The van der Waals surface area contributed by atoms with E-state index < -0.39 is 17.6 Å². The normalized spacial score (nSPS) is 31.4. The molecule has 0 bridgehead atoms. The molecule has 0 aliphatic carbocycles. The van der Waals surface area contributed by atoms with Crippen molar-refractivity contribution in [3.05, 3.63) is 23.5 Å². The maximum absolute atomic E-state index is 14.7. The summed E-state index contributed by atoms with van der Waals surface area (Å²) in [6.45, 7) is 4.90. The molecular formula is C22H31ClFN7O. The van der Waals surface area contributed by atoms with Crippen LogP contribution in [0.25, 0.3) is 5.65 Å². The van der Waals surface area contributed by atoms with Gasteiger partial charge in [0.15, 0.2) is 5.65 Å². The number of nitrogens with two attached hydrogens (primary N) is 1. The van der Waals surface area contributed by atoms with Crippen LogP contribution in [0.2, 0.25) is 0 Å². The lowest BCUT2D eigenvalue weighted by atomic mass is 9.91. The number of hydrogen-bond donors (Lipinski definition) is 2. The summed E-state index contributed by atoms with van der Waals surface area (Å²) >= 11 is 6.05. The van der Waals surface area contributed by atoms with Crippen molar-refractivity contribution in [3.63, 3.8) is 0 Å². The molecule has 3 N–H and O–H groups in total. The van der Waals surface area contributed by atoms with E-state index in [9.17, 15) is 9.18 Å². The van der Waals surface area contributed by atoms with E-state index in [2.05, 4.69) is 10.2 Å². The van der Waals surface area contributed by atoms with E-state index >= 15 is 0 Å². The summed E-state index contributed by atoms with van der Waals surface area (Å²) in [4.78, 5) is 22.3. The van der Waals surface area contributed by atoms with Crippen LogP contribution in [0.5, 0.6) is 0 Å². The van der Waals surface area contributed by atoms with Gasteiger partial charge in [-0.3, -0.25) is 10.1 Å². The number of piperidine rings is 2. The average Bonchev–Trinajstić information content (AvgIpc) is 3.40. The van der Waals surface area contributed by atoms with Crippen LogP contribution in [0.1, 0.15) is 49.4 Å². The van der Waals surface area contributed by atoms with Gasteiger partial charge in [0.05, 0.1) is 17.7 Å². The Balaban J connectivity index is 1.43. The minimum Gasteiger partial charge on any atom is -0.355 e. The number of anilines is 1. The molecule has 3 aliphatic rings. The number of carbonyl (C=O) groups is 1. The number of hydrogen-bond acceptors (Lipinski definition) is 6. The Morgan fingerprint density at radius 2 is 2.12 bits per heavy atom. The molecule has 10 heteroatoms. The number of nitrogens with one attached hydrogen (secondary N) is 1. The molecule has 3 saturated heterocycles. The first kappa shape index (κ1) is 21.9. The zero-order valence-corrected chi connectivity index (χ0v) is 19.1. The standard InChI is InChI=1S/C22H31ClFN7O/c1-13-11-31-18(27-21(13)29-9-6-14(25)12-29)10-16(28-31)17-4-2-3-8-30(17)22(32)15-5-7-26-20(23)19(15)24/h10-11,14-15,17,19-20,26H,2-9,12,25H2,1H3/t14-,15?,17-,19?,20?/m0/s1. The molecule has 0 spiro atoms. The minimum absolute atomic E-state index is 0.151. The van der Waals surface area contributed by atoms with Crippen molar-refractivity contribution in [2.24, 2.45) is 11.7 Å². The Labute approximate surface area is 192 Å². The fraction of sp³-hybridized carbons (Fsp3) is 0.682. The van der Waals surface area contributed by atoms with E-state index in [1.54, 1.807) is 4.52 Å². The van der Waals surface area contributed by atoms with Crippen LogP contribution in [0, 0.1) is 12.8 Å². The first-order valence-corrected chi connectivity index (χ1v) is 12.1. The molecule has 0 aromatic carbocycles. The van der Waals surface area contributed by atoms with Crippen molar-refractivity contribution >= 4 is 29.0 Å². The first-order chi connectivity index (χ1) is 15.4. The Kier molecular flexibility index (Phi) is 5.98.